The molecule has 1 aliphatic carbocycles. The largest absolute Gasteiger partial charge is 0.314 e. The molecule has 2 aromatic carbocycles. The van der Waals surface area contributed by atoms with Crippen LogP contribution in [-0.2, 0) is 17.6 Å². The highest BCUT2D eigenvalue weighted by atomic mass is 35.5. The second-order valence-corrected chi connectivity index (χ2v) is 11.1. The van der Waals surface area contributed by atoms with Gasteiger partial charge in [0.25, 0.3) is 0 Å². The van der Waals surface area contributed by atoms with E-state index in [0.29, 0.717) is 5.15 Å². The molecule has 1 saturated heterocycles. The molecule has 1 aromatic heterocycles. The maximum absolute atomic E-state index is 13.6. The van der Waals surface area contributed by atoms with E-state index in [9.17, 15) is 4.79 Å². The normalized spacial score (nSPS) is 19.1. The van der Waals surface area contributed by atoms with Crippen molar-refractivity contribution in [2.24, 2.45) is 5.92 Å². The first-order valence-electron chi connectivity index (χ1n) is 13.4. The van der Waals surface area contributed by atoms with Gasteiger partial charge >= 0.3 is 0 Å². The fourth-order valence-corrected chi connectivity index (χ4v) is 5.62. The van der Waals surface area contributed by atoms with Crippen molar-refractivity contribution in [2.45, 2.75) is 71.8 Å². The Hall–Kier alpha value is -2.40. The van der Waals surface area contributed by atoms with E-state index in [4.69, 9.17) is 23.2 Å². The molecule has 2 aliphatic rings. The molecule has 1 aliphatic heterocycles. The summed E-state index contributed by atoms with van der Waals surface area (Å²) in [5.74, 6) is 0.443. The van der Waals surface area contributed by atoms with Crippen LogP contribution in [-0.4, -0.2) is 28.6 Å². The minimum atomic E-state index is -0.0276. The van der Waals surface area contributed by atoms with Crippen molar-refractivity contribution < 1.29 is 4.79 Å². The standard InChI is InChI=1S/C26H26Cl2N2O.C5H11N/c1-4-21(25(31)18-6-5-16-7-9-20(27)12-19(16)11-18)22-10-8-17(13-23(22)15(2)3)24-14-29-30-26(24)28;1-2-5-3-4-6-5/h4,7-10,12-15,18H,5-6,11H2,1-3H3,(H,29,30);5-6H,2-4H2,1H3/b21-4+;. The summed E-state index contributed by atoms with van der Waals surface area (Å²) in [4.78, 5) is 13.6. The topological polar surface area (TPSA) is 57.8 Å². The Bertz CT molecular complexity index is 1270. The Morgan fingerprint density at radius 1 is 1.14 bits per heavy atom. The third-order valence-electron chi connectivity index (χ3n) is 7.61. The zero-order chi connectivity index (χ0) is 26.5. The molecular weight excluding hydrogens is 501 g/mol. The Labute approximate surface area is 230 Å². The monoisotopic (exact) mass is 537 g/mol. The number of halogens is 2. The van der Waals surface area contributed by atoms with Gasteiger partial charge in [-0.3, -0.25) is 9.89 Å². The Morgan fingerprint density at radius 2 is 1.92 bits per heavy atom. The minimum absolute atomic E-state index is 0.0276. The molecule has 0 bridgehead atoms. The van der Waals surface area contributed by atoms with E-state index in [-0.39, 0.29) is 17.6 Å². The van der Waals surface area contributed by atoms with Crippen LogP contribution in [0.25, 0.3) is 16.7 Å². The summed E-state index contributed by atoms with van der Waals surface area (Å²) >= 11 is 12.4. The number of carbonyl (C=O) groups is 1. The van der Waals surface area contributed by atoms with Gasteiger partial charge in [0.2, 0.25) is 0 Å². The molecule has 3 aromatic rings. The SMILES string of the molecule is C/C=C(/C(=O)C1CCc2ccc(Cl)cc2C1)c1ccc(-c2cn[nH]c2Cl)cc1C(C)C.CCC1CCN1. The number of fused-ring (bicyclic) bond motifs is 1. The highest BCUT2D eigenvalue weighted by Crippen LogP contribution is 2.36. The lowest BCUT2D eigenvalue weighted by Crippen LogP contribution is -2.41. The van der Waals surface area contributed by atoms with Crippen LogP contribution in [0.4, 0.5) is 0 Å². The molecule has 37 heavy (non-hydrogen) atoms. The average Bonchev–Trinajstić information content (AvgIpc) is 3.29. The Balaban J connectivity index is 0.000000469. The molecule has 4 nitrogen and oxygen atoms in total. The number of hydrogen-bond acceptors (Lipinski definition) is 3. The second-order valence-electron chi connectivity index (χ2n) is 10.3. The third kappa shape index (κ3) is 6.37. The molecule has 2 N–H and O–H groups in total. The zero-order valence-electron chi connectivity index (χ0n) is 22.2. The first-order valence-corrected chi connectivity index (χ1v) is 14.1. The summed E-state index contributed by atoms with van der Waals surface area (Å²) in [7, 11) is 0. The van der Waals surface area contributed by atoms with Crippen LogP contribution in [0.15, 0.2) is 48.7 Å². The molecule has 5 rings (SSSR count). The van der Waals surface area contributed by atoms with Gasteiger partial charge in [-0.2, -0.15) is 5.10 Å². The van der Waals surface area contributed by atoms with Crippen LogP contribution in [0.2, 0.25) is 10.2 Å². The molecule has 0 spiro atoms. The molecule has 196 valence electrons. The number of nitrogens with one attached hydrogen (secondary N) is 2. The first-order chi connectivity index (χ1) is 17.8. The predicted octanol–water partition coefficient (Wildman–Crippen LogP) is 8.04. The van der Waals surface area contributed by atoms with Crippen molar-refractivity contribution in [3.05, 3.63) is 81.1 Å². The lowest BCUT2D eigenvalue weighted by atomic mass is 9.77. The highest BCUT2D eigenvalue weighted by molar-refractivity contribution is 6.32. The minimum Gasteiger partial charge on any atom is -0.314 e. The van der Waals surface area contributed by atoms with Gasteiger partial charge in [0, 0.05) is 28.1 Å². The molecule has 0 amide bonds. The fourth-order valence-electron chi connectivity index (χ4n) is 5.22. The van der Waals surface area contributed by atoms with Gasteiger partial charge in [0.05, 0.1) is 6.20 Å². The summed E-state index contributed by atoms with van der Waals surface area (Å²) < 4.78 is 0. The van der Waals surface area contributed by atoms with E-state index in [0.717, 1.165) is 58.2 Å². The van der Waals surface area contributed by atoms with Gasteiger partial charge < -0.3 is 5.32 Å². The Morgan fingerprint density at radius 3 is 2.49 bits per heavy atom. The van der Waals surface area contributed by atoms with Crippen LogP contribution < -0.4 is 5.32 Å². The lowest BCUT2D eigenvalue weighted by Gasteiger charge is -2.26. The van der Waals surface area contributed by atoms with Crippen LogP contribution in [0.1, 0.15) is 75.1 Å². The number of aryl methyl sites for hydroxylation is 1. The number of aromatic nitrogens is 2. The quantitative estimate of drug-likeness (QED) is 0.312. The number of rotatable bonds is 6. The van der Waals surface area contributed by atoms with E-state index in [1.807, 2.05) is 31.2 Å². The number of nitrogens with zero attached hydrogens (tertiary/aromatic N) is 1. The van der Waals surface area contributed by atoms with E-state index in [1.165, 1.54) is 30.5 Å². The van der Waals surface area contributed by atoms with Gasteiger partial charge in [0.15, 0.2) is 5.78 Å². The van der Waals surface area contributed by atoms with E-state index < -0.39 is 0 Å². The Kier molecular flexibility index (Phi) is 9.28. The first kappa shape index (κ1) is 27.6. The summed E-state index contributed by atoms with van der Waals surface area (Å²) in [6.07, 6.45) is 8.91. The van der Waals surface area contributed by atoms with Crippen molar-refractivity contribution in [1.82, 2.24) is 15.5 Å². The van der Waals surface area contributed by atoms with Gasteiger partial charge in [-0.25, -0.2) is 0 Å². The molecule has 6 heteroatoms. The highest BCUT2D eigenvalue weighted by Gasteiger charge is 2.28. The van der Waals surface area contributed by atoms with Gasteiger partial charge in [-0.15, -0.1) is 0 Å². The number of aromatic amines is 1. The van der Waals surface area contributed by atoms with Gasteiger partial charge in [0.1, 0.15) is 5.15 Å². The van der Waals surface area contributed by atoms with Crippen molar-refractivity contribution in [3.8, 4) is 11.1 Å². The number of ketones is 1. The molecule has 1 fully saturated rings. The van der Waals surface area contributed by atoms with Crippen molar-refractivity contribution in [2.75, 3.05) is 6.54 Å². The maximum atomic E-state index is 13.6. The fraction of sp³-hybridized carbons (Fsp3) is 0.419. The number of allylic oxidation sites excluding steroid dienone is 2. The predicted molar refractivity (Wildman–Crippen MR) is 155 cm³/mol. The van der Waals surface area contributed by atoms with E-state index in [1.54, 1.807) is 6.20 Å². The van der Waals surface area contributed by atoms with Crippen molar-refractivity contribution >= 4 is 34.6 Å². The van der Waals surface area contributed by atoms with Gasteiger partial charge in [-0.1, -0.05) is 74.3 Å². The number of benzene rings is 2. The molecule has 0 saturated carbocycles. The average molecular weight is 539 g/mol. The second kappa shape index (κ2) is 12.4. The lowest BCUT2D eigenvalue weighted by molar-refractivity contribution is -0.117. The maximum Gasteiger partial charge on any atom is 0.166 e. The summed E-state index contributed by atoms with van der Waals surface area (Å²) in [5, 5.41) is 11.3. The van der Waals surface area contributed by atoms with Crippen LogP contribution in [0, 0.1) is 5.92 Å². The van der Waals surface area contributed by atoms with E-state index >= 15 is 0 Å². The van der Waals surface area contributed by atoms with Crippen molar-refractivity contribution in [3.63, 3.8) is 0 Å². The van der Waals surface area contributed by atoms with Crippen LogP contribution >= 0.6 is 23.2 Å². The molecule has 2 atom stereocenters. The number of Topliss-reactive ketones (excluding diaryl/α,β-unsaturated/α-hetero) is 1. The molecule has 0 radical (unpaired) electrons. The summed E-state index contributed by atoms with van der Waals surface area (Å²) in [5.41, 5.74) is 7.29. The smallest absolute Gasteiger partial charge is 0.166 e. The van der Waals surface area contributed by atoms with Crippen LogP contribution in [0.3, 0.4) is 0 Å². The van der Waals surface area contributed by atoms with Crippen molar-refractivity contribution in [1.29, 1.82) is 0 Å². The summed E-state index contributed by atoms with van der Waals surface area (Å²) in [6.45, 7) is 9.72. The molecule has 2 unspecified atom stereocenters. The molecular formula is C31H37Cl2N3O. The van der Waals surface area contributed by atoms with Gasteiger partial charge in [-0.05, 0) is 91.4 Å². The van der Waals surface area contributed by atoms with E-state index in [2.05, 4.69) is 54.5 Å². The molecule has 2 heterocycles. The number of hydrogen-bond donors (Lipinski definition) is 2. The summed E-state index contributed by atoms with van der Waals surface area (Å²) in [6, 6.07) is 13.1. The third-order valence-corrected chi connectivity index (χ3v) is 8.13. The number of carbonyl (C=O) groups excluding carboxylic acids is 1. The zero-order valence-corrected chi connectivity index (χ0v) is 23.7. The number of H-pyrrole nitrogens is 1. The van der Waals surface area contributed by atoms with Crippen LogP contribution in [0.5, 0.6) is 0 Å².